The number of nitrogens with one attached hydrogen (secondary N) is 2. The average molecular weight is 251 g/mol. The van der Waals surface area contributed by atoms with Crippen LogP contribution in [0.1, 0.15) is 43.6 Å². The monoisotopic (exact) mass is 251 g/mol. The normalized spacial score (nSPS) is 19.9. The van der Waals surface area contributed by atoms with Crippen LogP contribution in [-0.2, 0) is 11.3 Å². The first-order chi connectivity index (χ1) is 8.79. The van der Waals surface area contributed by atoms with Gasteiger partial charge in [0.15, 0.2) is 0 Å². The molecule has 2 heterocycles. The van der Waals surface area contributed by atoms with Crippen molar-refractivity contribution in [2.45, 2.75) is 38.6 Å². The molecule has 2 N–H and O–H groups in total. The largest absolute Gasteiger partial charge is 0.381 e. The van der Waals surface area contributed by atoms with E-state index >= 15 is 0 Å². The van der Waals surface area contributed by atoms with E-state index in [9.17, 15) is 4.79 Å². The van der Waals surface area contributed by atoms with E-state index in [1.165, 1.54) is 0 Å². The molecule has 0 amide bonds. The lowest BCUT2D eigenvalue weighted by molar-refractivity contribution is 0.0779. The number of hydrogen-bond acceptors (Lipinski definition) is 4. The quantitative estimate of drug-likeness (QED) is 0.771. The molecule has 0 spiro atoms. The molecule has 100 valence electrons. The third kappa shape index (κ3) is 3.65. The van der Waals surface area contributed by atoms with E-state index in [-0.39, 0.29) is 11.5 Å². The average Bonchev–Trinajstić information content (AvgIpc) is 2.39. The van der Waals surface area contributed by atoms with Crippen LogP contribution in [0.15, 0.2) is 10.9 Å². The molecule has 0 bridgehead atoms. The van der Waals surface area contributed by atoms with Crippen LogP contribution in [-0.4, -0.2) is 29.7 Å². The Hall–Kier alpha value is -1.20. The molecule has 1 aromatic rings. The molecule has 1 unspecified atom stereocenters. The first-order valence-corrected chi connectivity index (χ1v) is 6.68. The van der Waals surface area contributed by atoms with Gasteiger partial charge in [-0.1, -0.05) is 6.92 Å². The van der Waals surface area contributed by atoms with Crippen molar-refractivity contribution < 1.29 is 4.74 Å². The summed E-state index contributed by atoms with van der Waals surface area (Å²) in [4.78, 5) is 19.0. The number of nitrogens with zero attached hydrogens (tertiary/aromatic N) is 1. The second kappa shape index (κ2) is 6.66. The Labute approximate surface area is 107 Å². The number of aromatic amines is 1. The van der Waals surface area contributed by atoms with E-state index in [0.29, 0.717) is 13.2 Å². The van der Waals surface area contributed by atoms with Gasteiger partial charge in [-0.2, -0.15) is 0 Å². The van der Waals surface area contributed by atoms with E-state index < -0.39 is 0 Å². The Kier molecular flexibility index (Phi) is 4.90. The molecule has 1 aliphatic heterocycles. The molecule has 1 aliphatic rings. The van der Waals surface area contributed by atoms with Crippen LogP contribution in [0.2, 0.25) is 0 Å². The summed E-state index contributed by atoms with van der Waals surface area (Å²) >= 11 is 0. The minimum atomic E-state index is -0.0705. The van der Waals surface area contributed by atoms with Crippen LogP contribution in [0.3, 0.4) is 0 Å². The van der Waals surface area contributed by atoms with Crippen LogP contribution < -0.4 is 10.9 Å². The lowest BCUT2D eigenvalue weighted by atomic mass is 10.0. The summed E-state index contributed by atoms with van der Waals surface area (Å²) in [6.07, 6.45) is 3.15. The molecule has 0 radical (unpaired) electrons. The van der Waals surface area contributed by atoms with Gasteiger partial charge in [-0.05, 0) is 25.8 Å². The highest BCUT2D eigenvalue weighted by atomic mass is 16.5. The fourth-order valence-corrected chi connectivity index (χ4v) is 2.16. The predicted octanol–water partition coefficient (Wildman–Crippen LogP) is 1.16. The molecule has 0 saturated carbocycles. The van der Waals surface area contributed by atoms with E-state index in [2.05, 4.69) is 22.2 Å². The summed E-state index contributed by atoms with van der Waals surface area (Å²) in [5, 5.41) is 3.26. The van der Waals surface area contributed by atoms with E-state index in [1.54, 1.807) is 6.07 Å². The Bertz CT molecular complexity index is 424. The van der Waals surface area contributed by atoms with Gasteiger partial charge in [0.2, 0.25) is 0 Å². The number of rotatable bonds is 5. The van der Waals surface area contributed by atoms with Crippen molar-refractivity contribution in [1.82, 2.24) is 15.3 Å². The second-order valence-electron chi connectivity index (χ2n) is 4.71. The maximum absolute atomic E-state index is 11.6. The fraction of sp³-hybridized carbons (Fsp3) is 0.692. The highest BCUT2D eigenvalue weighted by Crippen LogP contribution is 2.21. The Balaban J connectivity index is 2.07. The lowest BCUT2D eigenvalue weighted by Gasteiger charge is -2.21. The minimum absolute atomic E-state index is 0.0705. The highest BCUT2D eigenvalue weighted by molar-refractivity contribution is 5.06. The first-order valence-electron chi connectivity index (χ1n) is 6.68. The standard InChI is InChI=1S/C13H21N3O2/c1-2-5-14-8-11-7-12(17)16-13(15-11)10-4-3-6-18-9-10/h7,10,14H,2-6,8-9H2,1H3,(H,15,16,17). The van der Waals surface area contributed by atoms with Gasteiger partial charge in [0.05, 0.1) is 12.3 Å². The van der Waals surface area contributed by atoms with E-state index in [1.807, 2.05) is 0 Å². The Morgan fingerprint density at radius 2 is 2.50 bits per heavy atom. The molecule has 5 heteroatoms. The van der Waals surface area contributed by atoms with E-state index in [4.69, 9.17) is 4.74 Å². The Morgan fingerprint density at radius 1 is 1.61 bits per heavy atom. The number of hydrogen-bond donors (Lipinski definition) is 2. The minimum Gasteiger partial charge on any atom is -0.381 e. The second-order valence-corrected chi connectivity index (χ2v) is 4.71. The zero-order valence-electron chi connectivity index (χ0n) is 10.9. The zero-order chi connectivity index (χ0) is 12.8. The third-order valence-corrected chi connectivity index (χ3v) is 3.09. The molecule has 1 saturated heterocycles. The van der Waals surface area contributed by atoms with Crippen LogP contribution in [0.4, 0.5) is 0 Å². The molecular formula is C13H21N3O2. The van der Waals surface area contributed by atoms with Crippen LogP contribution >= 0.6 is 0 Å². The van der Waals surface area contributed by atoms with Crippen LogP contribution in [0.5, 0.6) is 0 Å². The molecular weight excluding hydrogens is 230 g/mol. The Morgan fingerprint density at radius 3 is 3.22 bits per heavy atom. The van der Waals surface area contributed by atoms with Crippen molar-refractivity contribution in [3.05, 3.63) is 27.9 Å². The number of ether oxygens (including phenoxy) is 1. The molecule has 2 rings (SSSR count). The maximum Gasteiger partial charge on any atom is 0.251 e. The topological polar surface area (TPSA) is 67.0 Å². The van der Waals surface area contributed by atoms with Crippen molar-refractivity contribution in [2.75, 3.05) is 19.8 Å². The smallest absolute Gasteiger partial charge is 0.251 e. The van der Waals surface area contributed by atoms with Gasteiger partial charge in [0.25, 0.3) is 5.56 Å². The molecule has 1 aromatic heterocycles. The van der Waals surface area contributed by atoms with Gasteiger partial charge >= 0.3 is 0 Å². The molecule has 5 nitrogen and oxygen atoms in total. The van der Waals surface area contributed by atoms with Crippen LogP contribution in [0.25, 0.3) is 0 Å². The van der Waals surface area contributed by atoms with Gasteiger partial charge in [-0.25, -0.2) is 4.98 Å². The van der Waals surface area contributed by atoms with E-state index in [0.717, 1.165) is 43.9 Å². The van der Waals surface area contributed by atoms with Gasteiger partial charge in [-0.3, -0.25) is 4.79 Å². The summed E-state index contributed by atoms with van der Waals surface area (Å²) in [5.41, 5.74) is 0.742. The molecule has 1 atom stereocenters. The van der Waals surface area contributed by atoms with Gasteiger partial charge in [0.1, 0.15) is 5.82 Å². The summed E-state index contributed by atoms with van der Waals surface area (Å²) in [6, 6.07) is 1.57. The number of H-pyrrole nitrogens is 1. The summed E-state index contributed by atoms with van der Waals surface area (Å²) in [6.45, 7) is 5.19. The molecule has 0 aromatic carbocycles. The third-order valence-electron chi connectivity index (χ3n) is 3.09. The van der Waals surface area contributed by atoms with Crippen molar-refractivity contribution in [3.63, 3.8) is 0 Å². The predicted molar refractivity (Wildman–Crippen MR) is 69.6 cm³/mol. The zero-order valence-corrected chi connectivity index (χ0v) is 10.9. The molecule has 18 heavy (non-hydrogen) atoms. The van der Waals surface area contributed by atoms with Crippen molar-refractivity contribution in [3.8, 4) is 0 Å². The van der Waals surface area contributed by atoms with Gasteiger partial charge in [-0.15, -0.1) is 0 Å². The molecule has 1 fully saturated rings. The van der Waals surface area contributed by atoms with Crippen molar-refractivity contribution in [1.29, 1.82) is 0 Å². The number of aromatic nitrogens is 2. The van der Waals surface area contributed by atoms with Gasteiger partial charge in [0, 0.05) is 25.1 Å². The van der Waals surface area contributed by atoms with Crippen molar-refractivity contribution >= 4 is 0 Å². The fourth-order valence-electron chi connectivity index (χ4n) is 2.16. The lowest BCUT2D eigenvalue weighted by Crippen LogP contribution is -2.24. The van der Waals surface area contributed by atoms with Crippen LogP contribution in [0, 0.1) is 0 Å². The highest BCUT2D eigenvalue weighted by Gasteiger charge is 2.18. The molecule has 0 aliphatic carbocycles. The summed E-state index contributed by atoms with van der Waals surface area (Å²) < 4.78 is 5.44. The van der Waals surface area contributed by atoms with Gasteiger partial charge < -0.3 is 15.0 Å². The maximum atomic E-state index is 11.6. The first kappa shape index (κ1) is 13.2. The van der Waals surface area contributed by atoms with Crippen molar-refractivity contribution in [2.24, 2.45) is 0 Å². The summed E-state index contributed by atoms with van der Waals surface area (Å²) in [7, 11) is 0. The SMILES string of the molecule is CCCNCc1cc(=O)[nH]c(C2CCCOC2)n1. The summed E-state index contributed by atoms with van der Waals surface area (Å²) in [5.74, 6) is 1.01.